The van der Waals surface area contributed by atoms with Gasteiger partial charge in [-0.25, -0.2) is 0 Å². The monoisotopic (exact) mass is 410 g/mol. The van der Waals surface area contributed by atoms with Gasteiger partial charge >= 0.3 is 0 Å². The summed E-state index contributed by atoms with van der Waals surface area (Å²) in [5.41, 5.74) is 3.38. The summed E-state index contributed by atoms with van der Waals surface area (Å²) in [6, 6.07) is 7.28. The molecule has 1 N–H and O–H groups in total. The van der Waals surface area contributed by atoms with Crippen LogP contribution in [0.5, 0.6) is 11.5 Å². The van der Waals surface area contributed by atoms with Crippen molar-refractivity contribution in [3.63, 3.8) is 0 Å². The summed E-state index contributed by atoms with van der Waals surface area (Å²) in [7, 11) is 1.57. The molecule has 0 spiro atoms. The third kappa shape index (κ3) is 4.03. The number of hydrogen-bond acceptors (Lipinski definition) is 6. The van der Waals surface area contributed by atoms with Gasteiger partial charge in [0, 0.05) is 36.5 Å². The Bertz CT molecular complexity index is 993. The van der Waals surface area contributed by atoms with Gasteiger partial charge in [-0.05, 0) is 51.0 Å². The van der Waals surface area contributed by atoms with E-state index in [1.54, 1.807) is 31.5 Å². The molecule has 0 saturated carbocycles. The van der Waals surface area contributed by atoms with E-state index < -0.39 is 0 Å². The second-order valence-corrected chi connectivity index (χ2v) is 7.56. The Hall–Kier alpha value is -3.29. The zero-order valence-electron chi connectivity index (χ0n) is 17.5. The minimum absolute atomic E-state index is 0.00483. The van der Waals surface area contributed by atoms with E-state index in [0.717, 1.165) is 42.1 Å². The molecule has 0 aliphatic carbocycles. The number of carbonyl (C=O) groups is 1. The summed E-state index contributed by atoms with van der Waals surface area (Å²) in [6.45, 7) is 5.47. The van der Waals surface area contributed by atoms with Gasteiger partial charge in [0.2, 0.25) is 0 Å². The Balaban J connectivity index is 1.47. The molecule has 8 nitrogen and oxygen atoms in total. The molecular formula is C22H26N4O4. The highest BCUT2D eigenvalue weighted by Gasteiger charge is 2.27. The van der Waals surface area contributed by atoms with E-state index in [-0.39, 0.29) is 11.8 Å². The molecule has 1 unspecified atom stereocenters. The fourth-order valence-corrected chi connectivity index (χ4v) is 3.87. The summed E-state index contributed by atoms with van der Waals surface area (Å²) in [5, 5.41) is 11.0. The van der Waals surface area contributed by atoms with Crippen LogP contribution in [0.4, 0.5) is 0 Å². The van der Waals surface area contributed by atoms with Gasteiger partial charge in [-0.3, -0.25) is 9.89 Å². The second kappa shape index (κ2) is 8.61. The van der Waals surface area contributed by atoms with Gasteiger partial charge in [-0.2, -0.15) is 5.10 Å². The maximum Gasteiger partial charge on any atom is 0.254 e. The molecule has 3 aromatic rings. The number of methoxy groups -OCH3 is 1. The number of aromatic nitrogens is 3. The molecule has 1 aromatic carbocycles. The summed E-state index contributed by atoms with van der Waals surface area (Å²) in [6.07, 6.45) is 3.76. The molecule has 1 amide bonds. The molecule has 158 valence electrons. The number of amides is 1. The lowest BCUT2D eigenvalue weighted by Crippen LogP contribution is -2.39. The fraction of sp³-hybridized carbons (Fsp3) is 0.409. The van der Waals surface area contributed by atoms with Crippen LogP contribution < -0.4 is 9.47 Å². The van der Waals surface area contributed by atoms with Gasteiger partial charge in [0.05, 0.1) is 18.4 Å². The number of likely N-dealkylation sites (tertiary alicyclic amines) is 1. The van der Waals surface area contributed by atoms with Crippen LogP contribution in [0.25, 0.3) is 0 Å². The Kier molecular flexibility index (Phi) is 5.74. The van der Waals surface area contributed by atoms with Crippen LogP contribution in [-0.2, 0) is 6.61 Å². The number of rotatable bonds is 6. The van der Waals surface area contributed by atoms with E-state index in [1.165, 1.54) is 0 Å². The maximum atomic E-state index is 13.1. The number of carbonyl (C=O) groups excluding carboxylic acids is 1. The number of benzene rings is 1. The predicted octanol–water partition coefficient (Wildman–Crippen LogP) is 3.62. The summed E-state index contributed by atoms with van der Waals surface area (Å²) < 4.78 is 16.6. The van der Waals surface area contributed by atoms with Crippen molar-refractivity contribution < 1.29 is 18.8 Å². The van der Waals surface area contributed by atoms with Gasteiger partial charge < -0.3 is 18.9 Å². The number of H-pyrrole nitrogens is 1. The first kappa shape index (κ1) is 20.0. The second-order valence-electron chi connectivity index (χ2n) is 7.56. The largest absolute Gasteiger partial charge is 0.493 e. The molecule has 3 heterocycles. The molecule has 0 radical (unpaired) electrons. The fourth-order valence-electron chi connectivity index (χ4n) is 3.87. The first-order valence-corrected chi connectivity index (χ1v) is 10.1. The van der Waals surface area contributed by atoms with E-state index in [9.17, 15) is 4.79 Å². The van der Waals surface area contributed by atoms with E-state index in [2.05, 4.69) is 15.4 Å². The van der Waals surface area contributed by atoms with Crippen LogP contribution >= 0.6 is 0 Å². The Morgan fingerprint density at radius 1 is 1.30 bits per heavy atom. The summed E-state index contributed by atoms with van der Waals surface area (Å²) in [5.74, 6) is 2.10. The lowest BCUT2D eigenvalue weighted by atomic mass is 9.94. The lowest BCUT2D eigenvalue weighted by Gasteiger charge is -2.32. The summed E-state index contributed by atoms with van der Waals surface area (Å²) >= 11 is 0. The van der Waals surface area contributed by atoms with Gasteiger partial charge in [0.15, 0.2) is 11.5 Å². The van der Waals surface area contributed by atoms with Crippen LogP contribution in [-0.4, -0.2) is 46.4 Å². The highest BCUT2D eigenvalue weighted by Crippen LogP contribution is 2.31. The molecule has 1 aliphatic rings. The van der Waals surface area contributed by atoms with Crippen molar-refractivity contribution in [1.82, 2.24) is 20.3 Å². The minimum atomic E-state index is -0.00483. The normalized spacial score (nSPS) is 16.5. The third-order valence-corrected chi connectivity index (χ3v) is 5.63. The molecule has 4 rings (SSSR count). The molecule has 8 heteroatoms. The SMILES string of the molecule is COc1cc(C(=O)N2CCCC(c3ccn[nH]3)C2)ccc1OCc1c(C)noc1C. The Morgan fingerprint density at radius 2 is 2.17 bits per heavy atom. The molecule has 1 atom stereocenters. The third-order valence-electron chi connectivity index (χ3n) is 5.63. The van der Waals surface area contributed by atoms with Crippen LogP contribution in [0, 0.1) is 13.8 Å². The average molecular weight is 410 g/mol. The zero-order valence-corrected chi connectivity index (χ0v) is 17.5. The van der Waals surface area contributed by atoms with Crippen molar-refractivity contribution in [2.45, 2.75) is 39.2 Å². The van der Waals surface area contributed by atoms with Crippen molar-refractivity contribution in [2.24, 2.45) is 0 Å². The van der Waals surface area contributed by atoms with Gasteiger partial charge in [-0.1, -0.05) is 5.16 Å². The van der Waals surface area contributed by atoms with Crippen LogP contribution in [0.15, 0.2) is 35.0 Å². The quantitative estimate of drug-likeness (QED) is 0.667. The number of piperidine rings is 1. The molecule has 2 aromatic heterocycles. The first-order chi connectivity index (χ1) is 14.6. The smallest absolute Gasteiger partial charge is 0.254 e. The van der Waals surface area contributed by atoms with Gasteiger partial charge in [0.1, 0.15) is 12.4 Å². The van der Waals surface area contributed by atoms with E-state index >= 15 is 0 Å². The molecule has 0 bridgehead atoms. The van der Waals surface area contributed by atoms with Crippen LogP contribution in [0.3, 0.4) is 0 Å². The van der Waals surface area contributed by atoms with E-state index in [4.69, 9.17) is 14.0 Å². The standard InChI is InChI=1S/C22H26N4O4/c1-14-18(15(2)30-25-14)13-29-20-7-6-16(11-21(20)28-3)22(27)26-10-4-5-17(12-26)19-8-9-23-24-19/h6-9,11,17H,4-5,10,12-13H2,1-3H3,(H,23,24). The molecule has 30 heavy (non-hydrogen) atoms. The highest BCUT2D eigenvalue weighted by atomic mass is 16.5. The zero-order chi connectivity index (χ0) is 21.1. The highest BCUT2D eigenvalue weighted by molar-refractivity contribution is 5.95. The van der Waals surface area contributed by atoms with Crippen molar-refractivity contribution in [2.75, 3.05) is 20.2 Å². The Morgan fingerprint density at radius 3 is 2.87 bits per heavy atom. The van der Waals surface area contributed by atoms with Crippen LogP contribution in [0.2, 0.25) is 0 Å². The number of hydrogen-bond donors (Lipinski definition) is 1. The lowest BCUT2D eigenvalue weighted by molar-refractivity contribution is 0.0705. The molecular weight excluding hydrogens is 384 g/mol. The van der Waals surface area contributed by atoms with Crippen molar-refractivity contribution in [1.29, 1.82) is 0 Å². The molecule has 1 aliphatic heterocycles. The van der Waals surface area contributed by atoms with E-state index in [1.807, 2.05) is 24.8 Å². The average Bonchev–Trinajstić information content (AvgIpc) is 3.42. The first-order valence-electron chi connectivity index (χ1n) is 10.1. The van der Waals surface area contributed by atoms with Gasteiger partial charge in [-0.15, -0.1) is 0 Å². The number of aryl methyl sites for hydroxylation is 2. The number of aromatic amines is 1. The predicted molar refractivity (Wildman–Crippen MR) is 110 cm³/mol. The Labute approximate surface area is 175 Å². The van der Waals surface area contributed by atoms with Crippen molar-refractivity contribution in [3.8, 4) is 11.5 Å². The number of nitrogens with zero attached hydrogens (tertiary/aromatic N) is 3. The maximum absolute atomic E-state index is 13.1. The number of ether oxygens (including phenoxy) is 2. The van der Waals surface area contributed by atoms with Crippen molar-refractivity contribution >= 4 is 5.91 Å². The topological polar surface area (TPSA) is 93.5 Å². The minimum Gasteiger partial charge on any atom is -0.493 e. The summed E-state index contributed by atoms with van der Waals surface area (Å²) in [4.78, 5) is 15.0. The van der Waals surface area contributed by atoms with Crippen LogP contribution in [0.1, 0.15) is 51.8 Å². The van der Waals surface area contributed by atoms with Gasteiger partial charge in [0.25, 0.3) is 5.91 Å². The molecule has 1 saturated heterocycles. The van der Waals surface area contributed by atoms with Crippen molar-refractivity contribution in [3.05, 3.63) is 58.7 Å². The molecule has 1 fully saturated rings. The van der Waals surface area contributed by atoms with E-state index in [0.29, 0.717) is 30.2 Å². The number of nitrogens with one attached hydrogen (secondary N) is 1.